The molecule has 0 spiro atoms. The number of nitrogens with zero attached hydrogens (tertiary/aromatic N) is 1. The zero-order valence-electron chi connectivity index (χ0n) is 24.9. The Labute approximate surface area is 250 Å². The van der Waals surface area contributed by atoms with Crippen LogP contribution in [0.1, 0.15) is 79.7 Å². The van der Waals surface area contributed by atoms with Crippen molar-refractivity contribution in [1.82, 2.24) is 10.2 Å². The fourth-order valence-corrected chi connectivity index (χ4v) is 5.02. The summed E-state index contributed by atoms with van der Waals surface area (Å²) in [5, 5.41) is 3.26. The highest BCUT2D eigenvalue weighted by molar-refractivity contribution is 5.74. The van der Waals surface area contributed by atoms with E-state index in [1.807, 2.05) is 53.4 Å². The minimum atomic E-state index is -0.432. The highest BCUT2D eigenvalue weighted by Gasteiger charge is 2.20. The number of esters is 1. The van der Waals surface area contributed by atoms with Gasteiger partial charge in [0.2, 0.25) is 0 Å². The van der Waals surface area contributed by atoms with Crippen molar-refractivity contribution < 1.29 is 19.1 Å². The van der Waals surface area contributed by atoms with E-state index in [2.05, 4.69) is 53.1 Å². The van der Waals surface area contributed by atoms with Gasteiger partial charge in [0.25, 0.3) is 0 Å². The van der Waals surface area contributed by atoms with Gasteiger partial charge in [0.1, 0.15) is 5.75 Å². The van der Waals surface area contributed by atoms with Crippen LogP contribution in [-0.4, -0.2) is 36.7 Å². The summed E-state index contributed by atoms with van der Waals surface area (Å²) < 4.78 is 10.1. The molecule has 0 aromatic heterocycles. The van der Waals surface area contributed by atoms with Crippen molar-refractivity contribution in [3.8, 4) is 17.6 Å². The Bertz CT molecular complexity index is 1330. The number of carbonyl (C=O) groups is 2. The summed E-state index contributed by atoms with van der Waals surface area (Å²) in [4.78, 5) is 26.6. The molecule has 0 bridgehead atoms. The SMILES string of the molecule is CCCCc1ccc(C#Cc2ccc(CN(Cc3ccc(OCC(=O)OC)cc3)C(=O)NC3CCCCC3)cc2)cc1. The molecule has 1 saturated carbocycles. The largest absolute Gasteiger partial charge is 0.482 e. The number of urea groups is 1. The minimum Gasteiger partial charge on any atom is -0.482 e. The first-order valence-corrected chi connectivity index (χ1v) is 15.1. The molecule has 6 nitrogen and oxygen atoms in total. The van der Waals surface area contributed by atoms with Gasteiger partial charge in [0.15, 0.2) is 6.61 Å². The number of carbonyl (C=O) groups excluding carboxylic acids is 2. The molecule has 42 heavy (non-hydrogen) atoms. The topological polar surface area (TPSA) is 67.9 Å². The number of unbranched alkanes of at least 4 members (excludes halogenated alkanes) is 1. The molecule has 3 aromatic carbocycles. The molecule has 0 atom stereocenters. The molecule has 1 aliphatic rings. The van der Waals surface area contributed by atoms with Crippen molar-refractivity contribution in [3.63, 3.8) is 0 Å². The standard InChI is InChI=1S/C36H42N2O4/c1-3-4-8-28-11-13-29(14-12-28)15-16-30-17-19-31(20-18-30)25-38(36(40)37-33-9-6-5-7-10-33)26-32-21-23-34(24-22-32)42-27-35(39)41-2/h11-14,17-24,33H,3-10,25-27H2,1-2H3,(H,37,40). The van der Waals surface area contributed by atoms with Gasteiger partial charge in [-0.05, 0) is 78.8 Å². The second kappa shape index (κ2) is 16.3. The van der Waals surface area contributed by atoms with Gasteiger partial charge in [-0.2, -0.15) is 0 Å². The molecule has 6 heteroatoms. The van der Waals surface area contributed by atoms with E-state index in [0.29, 0.717) is 18.8 Å². The number of rotatable bonds is 11. The number of aryl methyl sites for hydroxylation is 1. The van der Waals surface area contributed by atoms with E-state index in [4.69, 9.17) is 4.74 Å². The first-order chi connectivity index (χ1) is 20.5. The van der Waals surface area contributed by atoms with Crippen molar-refractivity contribution in [2.45, 2.75) is 77.4 Å². The normalized spacial score (nSPS) is 13.0. The van der Waals surface area contributed by atoms with Crippen molar-refractivity contribution in [1.29, 1.82) is 0 Å². The van der Waals surface area contributed by atoms with E-state index in [1.54, 1.807) is 0 Å². The van der Waals surface area contributed by atoms with Gasteiger partial charge in [0.05, 0.1) is 7.11 Å². The van der Waals surface area contributed by atoms with Gasteiger partial charge in [-0.15, -0.1) is 0 Å². The van der Waals surface area contributed by atoms with Gasteiger partial charge < -0.3 is 19.7 Å². The Morgan fingerprint density at radius 2 is 1.36 bits per heavy atom. The number of nitrogens with one attached hydrogen (secondary N) is 1. The summed E-state index contributed by atoms with van der Waals surface area (Å²) in [5.74, 6) is 6.67. The zero-order valence-corrected chi connectivity index (χ0v) is 24.9. The number of amides is 2. The molecule has 3 aromatic rings. The third-order valence-corrected chi connectivity index (χ3v) is 7.55. The summed E-state index contributed by atoms with van der Waals surface area (Å²) >= 11 is 0. The number of ether oxygens (including phenoxy) is 2. The number of methoxy groups -OCH3 is 1. The number of hydrogen-bond acceptors (Lipinski definition) is 4. The molecular weight excluding hydrogens is 524 g/mol. The fourth-order valence-electron chi connectivity index (χ4n) is 5.02. The quantitative estimate of drug-likeness (QED) is 0.200. The molecule has 1 aliphatic carbocycles. The predicted octanol–water partition coefficient (Wildman–Crippen LogP) is 7.03. The maximum atomic E-state index is 13.4. The maximum absolute atomic E-state index is 13.4. The Morgan fingerprint density at radius 3 is 1.90 bits per heavy atom. The summed E-state index contributed by atoms with van der Waals surface area (Å²) in [7, 11) is 1.33. The van der Waals surface area contributed by atoms with Gasteiger partial charge >= 0.3 is 12.0 Å². The van der Waals surface area contributed by atoms with E-state index in [0.717, 1.165) is 54.4 Å². The van der Waals surface area contributed by atoms with E-state index < -0.39 is 5.97 Å². The third-order valence-electron chi connectivity index (χ3n) is 7.55. The summed E-state index contributed by atoms with van der Waals surface area (Å²) in [6.45, 7) is 3.00. The van der Waals surface area contributed by atoms with Crippen LogP contribution in [0.4, 0.5) is 4.79 Å². The van der Waals surface area contributed by atoms with Crippen LogP contribution >= 0.6 is 0 Å². The van der Waals surface area contributed by atoms with Crippen LogP contribution in [0.25, 0.3) is 0 Å². The van der Waals surface area contributed by atoms with Crippen LogP contribution in [0.5, 0.6) is 5.75 Å². The molecule has 1 N–H and O–H groups in total. The molecule has 4 rings (SSSR count). The van der Waals surface area contributed by atoms with Crippen LogP contribution in [-0.2, 0) is 29.0 Å². The lowest BCUT2D eigenvalue weighted by Gasteiger charge is -2.28. The average molecular weight is 567 g/mol. The fraction of sp³-hybridized carbons (Fsp3) is 0.389. The van der Waals surface area contributed by atoms with E-state index in [1.165, 1.54) is 31.9 Å². The van der Waals surface area contributed by atoms with Crippen molar-refractivity contribution in [2.24, 2.45) is 0 Å². The van der Waals surface area contributed by atoms with E-state index in [9.17, 15) is 9.59 Å². The molecule has 1 fully saturated rings. The molecule has 0 aliphatic heterocycles. The lowest BCUT2D eigenvalue weighted by molar-refractivity contribution is -0.142. The van der Waals surface area contributed by atoms with Gasteiger partial charge in [0, 0.05) is 30.3 Å². The van der Waals surface area contributed by atoms with Gasteiger partial charge in [-0.25, -0.2) is 9.59 Å². The maximum Gasteiger partial charge on any atom is 0.343 e. The molecule has 0 heterocycles. The third kappa shape index (κ3) is 9.99. The van der Waals surface area contributed by atoms with Crippen molar-refractivity contribution in [2.75, 3.05) is 13.7 Å². The smallest absolute Gasteiger partial charge is 0.343 e. The molecule has 220 valence electrons. The van der Waals surface area contributed by atoms with Crippen molar-refractivity contribution >= 4 is 12.0 Å². The number of hydrogen-bond donors (Lipinski definition) is 1. The van der Waals surface area contributed by atoms with Crippen LogP contribution in [0.2, 0.25) is 0 Å². The lowest BCUT2D eigenvalue weighted by atomic mass is 9.96. The molecule has 0 saturated heterocycles. The summed E-state index contributed by atoms with van der Waals surface area (Å²) in [6.07, 6.45) is 9.12. The minimum absolute atomic E-state index is 0.0563. The summed E-state index contributed by atoms with van der Waals surface area (Å²) in [5.41, 5.74) is 5.31. The number of benzene rings is 3. The zero-order chi connectivity index (χ0) is 29.6. The Kier molecular flexibility index (Phi) is 11.9. The molecule has 0 unspecified atom stereocenters. The van der Waals surface area contributed by atoms with Crippen LogP contribution in [0, 0.1) is 11.8 Å². The van der Waals surface area contributed by atoms with Crippen LogP contribution in [0.15, 0.2) is 72.8 Å². The Hall–Kier alpha value is -4.24. The van der Waals surface area contributed by atoms with Gasteiger partial charge in [-0.3, -0.25) is 0 Å². The first-order valence-electron chi connectivity index (χ1n) is 15.1. The highest BCUT2D eigenvalue weighted by Crippen LogP contribution is 2.20. The molecule has 0 radical (unpaired) electrons. The predicted molar refractivity (Wildman–Crippen MR) is 166 cm³/mol. The van der Waals surface area contributed by atoms with Crippen LogP contribution in [0.3, 0.4) is 0 Å². The average Bonchev–Trinajstić information content (AvgIpc) is 3.03. The van der Waals surface area contributed by atoms with E-state index in [-0.39, 0.29) is 18.7 Å². The second-order valence-corrected chi connectivity index (χ2v) is 10.9. The van der Waals surface area contributed by atoms with E-state index >= 15 is 0 Å². The highest BCUT2D eigenvalue weighted by atomic mass is 16.6. The molecular formula is C36H42N2O4. The Balaban J connectivity index is 1.41. The van der Waals surface area contributed by atoms with Gasteiger partial charge in [-0.1, -0.05) is 80.8 Å². The van der Waals surface area contributed by atoms with Crippen LogP contribution < -0.4 is 10.1 Å². The second-order valence-electron chi connectivity index (χ2n) is 10.9. The monoisotopic (exact) mass is 566 g/mol. The molecule has 2 amide bonds. The Morgan fingerprint density at radius 1 is 0.810 bits per heavy atom. The summed E-state index contributed by atoms with van der Waals surface area (Å²) in [6, 6.07) is 24.3. The first kappa shape index (κ1) is 30.7. The lowest BCUT2D eigenvalue weighted by Crippen LogP contribution is -2.44. The van der Waals surface area contributed by atoms with Crippen molar-refractivity contribution in [3.05, 3.63) is 101 Å².